The van der Waals surface area contributed by atoms with Crippen molar-refractivity contribution in [3.8, 4) is 0 Å². The van der Waals surface area contributed by atoms with Crippen LogP contribution in [0.2, 0.25) is 5.02 Å². The highest BCUT2D eigenvalue weighted by Gasteiger charge is 2.22. The zero-order chi connectivity index (χ0) is 13.3. The molecule has 0 fully saturated rings. The summed E-state index contributed by atoms with van der Waals surface area (Å²) in [5.41, 5.74) is 3.58. The first-order valence-electron chi connectivity index (χ1n) is 4.88. The van der Waals surface area contributed by atoms with Crippen molar-refractivity contribution in [1.29, 1.82) is 0 Å². The van der Waals surface area contributed by atoms with Gasteiger partial charge in [-0.2, -0.15) is 0 Å². The molecule has 0 aliphatic carbocycles. The van der Waals surface area contributed by atoms with Gasteiger partial charge < -0.3 is 4.42 Å². The lowest BCUT2D eigenvalue weighted by Crippen LogP contribution is -2.29. The third-order valence-electron chi connectivity index (χ3n) is 2.50. The van der Waals surface area contributed by atoms with Crippen LogP contribution in [-0.4, -0.2) is 0 Å². The molecule has 1 unspecified atom stereocenters. The number of nitrogens with one attached hydrogen (secondary N) is 1. The summed E-state index contributed by atoms with van der Waals surface area (Å²) in [6.45, 7) is 0. The van der Waals surface area contributed by atoms with Crippen molar-refractivity contribution in [3.63, 3.8) is 0 Å². The fraction of sp³-hybridized carbons (Fsp3) is 0.0909. The molecule has 0 saturated carbocycles. The fourth-order valence-electron chi connectivity index (χ4n) is 1.62. The van der Waals surface area contributed by atoms with Crippen LogP contribution in [-0.2, 0) is 0 Å². The van der Waals surface area contributed by atoms with Crippen LogP contribution >= 0.6 is 43.5 Å². The van der Waals surface area contributed by atoms with Gasteiger partial charge in [0.05, 0.1) is 17.3 Å². The molecular formula is C11H8Br2ClFN2O. The lowest BCUT2D eigenvalue weighted by atomic mass is 10.0. The van der Waals surface area contributed by atoms with Crippen LogP contribution < -0.4 is 11.3 Å². The SMILES string of the molecule is NNC(c1ccoc1Br)c1ccc(Br)c(Cl)c1F. The van der Waals surface area contributed by atoms with Crippen molar-refractivity contribution in [2.24, 2.45) is 5.84 Å². The second-order valence-corrected chi connectivity index (χ2v) is 5.47. The highest BCUT2D eigenvalue weighted by atomic mass is 79.9. The molecule has 7 heteroatoms. The van der Waals surface area contributed by atoms with E-state index in [0.717, 1.165) is 0 Å². The largest absolute Gasteiger partial charge is 0.457 e. The number of nitrogens with two attached hydrogens (primary N) is 1. The van der Waals surface area contributed by atoms with Gasteiger partial charge in [0.2, 0.25) is 0 Å². The van der Waals surface area contributed by atoms with E-state index < -0.39 is 11.9 Å². The van der Waals surface area contributed by atoms with Crippen molar-refractivity contribution in [1.82, 2.24) is 5.43 Å². The van der Waals surface area contributed by atoms with Crippen molar-refractivity contribution in [2.75, 3.05) is 0 Å². The Kier molecular flexibility index (Phi) is 4.45. The van der Waals surface area contributed by atoms with Gasteiger partial charge in [0.25, 0.3) is 0 Å². The smallest absolute Gasteiger partial charge is 0.174 e. The maximum absolute atomic E-state index is 14.1. The van der Waals surface area contributed by atoms with Gasteiger partial charge in [-0.25, -0.2) is 9.82 Å². The molecule has 1 aromatic carbocycles. The van der Waals surface area contributed by atoms with Gasteiger partial charge in [-0.3, -0.25) is 5.84 Å². The number of halogens is 4. The Bertz CT molecular complexity index is 576. The average molecular weight is 398 g/mol. The Balaban J connectivity index is 2.53. The van der Waals surface area contributed by atoms with Crippen LogP contribution in [0, 0.1) is 5.82 Å². The first kappa shape index (κ1) is 14.0. The number of hydrogen-bond donors (Lipinski definition) is 2. The highest BCUT2D eigenvalue weighted by Crippen LogP contribution is 2.35. The molecule has 3 nitrogen and oxygen atoms in total. The van der Waals surface area contributed by atoms with E-state index in [1.165, 1.54) is 6.26 Å². The maximum Gasteiger partial charge on any atom is 0.174 e. The summed E-state index contributed by atoms with van der Waals surface area (Å²) >= 11 is 12.3. The predicted molar refractivity (Wildman–Crippen MR) is 74.7 cm³/mol. The molecule has 1 heterocycles. The summed E-state index contributed by atoms with van der Waals surface area (Å²) in [5, 5.41) is 0.0207. The second-order valence-electron chi connectivity index (χ2n) is 3.51. The zero-order valence-corrected chi connectivity index (χ0v) is 12.8. The van der Waals surface area contributed by atoms with E-state index >= 15 is 0 Å². The second kappa shape index (κ2) is 5.71. The molecule has 2 rings (SSSR count). The Labute approximate surface area is 125 Å². The molecule has 0 radical (unpaired) electrons. The molecule has 3 N–H and O–H groups in total. The molecule has 0 amide bonds. The van der Waals surface area contributed by atoms with E-state index in [2.05, 4.69) is 37.3 Å². The fourth-order valence-corrected chi connectivity index (χ4v) is 2.57. The highest BCUT2D eigenvalue weighted by molar-refractivity contribution is 9.10. The zero-order valence-electron chi connectivity index (χ0n) is 8.88. The Hall–Kier alpha value is -0.400. The standard InChI is InChI=1S/C11H8Br2ClFN2O/c12-7-2-1-5(9(15)8(7)14)10(17-16)6-3-4-18-11(6)13/h1-4,10,17H,16H2. The third kappa shape index (κ3) is 2.48. The minimum atomic E-state index is -0.552. The van der Waals surface area contributed by atoms with Crippen LogP contribution in [0.15, 0.2) is 38.0 Å². The molecule has 1 aromatic heterocycles. The van der Waals surface area contributed by atoms with Crippen molar-refractivity contribution in [2.45, 2.75) is 6.04 Å². The van der Waals surface area contributed by atoms with Gasteiger partial charge in [0, 0.05) is 15.6 Å². The van der Waals surface area contributed by atoms with Gasteiger partial charge in [0.15, 0.2) is 4.67 Å². The summed E-state index contributed by atoms with van der Waals surface area (Å²) in [7, 11) is 0. The predicted octanol–water partition coefficient (Wildman–Crippen LogP) is 4.15. The van der Waals surface area contributed by atoms with E-state index in [-0.39, 0.29) is 5.02 Å². The molecule has 2 aromatic rings. The van der Waals surface area contributed by atoms with Gasteiger partial charge in [-0.15, -0.1) is 0 Å². The number of rotatable bonds is 3. The Morgan fingerprint density at radius 1 is 1.28 bits per heavy atom. The van der Waals surface area contributed by atoms with Crippen molar-refractivity contribution in [3.05, 3.63) is 55.6 Å². The minimum Gasteiger partial charge on any atom is -0.457 e. The monoisotopic (exact) mass is 396 g/mol. The third-order valence-corrected chi connectivity index (χ3v) is 4.40. The van der Waals surface area contributed by atoms with Crippen LogP contribution in [0.1, 0.15) is 17.2 Å². The Morgan fingerprint density at radius 3 is 2.56 bits per heavy atom. The number of furan rings is 1. The molecule has 96 valence electrons. The van der Waals surface area contributed by atoms with E-state index in [9.17, 15) is 4.39 Å². The van der Waals surface area contributed by atoms with Crippen LogP contribution in [0.4, 0.5) is 4.39 Å². The summed E-state index contributed by atoms with van der Waals surface area (Å²) in [4.78, 5) is 0. The molecular weight excluding hydrogens is 390 g/mol. The molecule has 0 aliphatic rings. The van der Waals surface area contributed by atoms with Crippen molar-refractivity contribution < 1.29 is 8.81 Å². The quantitative estimate of drug-likeness (QED) is 0.464. The van der Waals surface area contributed by atoms with Crippen molar-refractivity contribution >= 4 is 43.5 Å². The number of hydrazine groups is 1. The molecule has 1 atom stereocenters. The minimum absolute atomic E-state index is 0.0207. The molecule has 0 aliphatic heterocycles. The summed E-state index contributed by atoms with van der Waals surface area (Å²) < 4.78 is 20.2. The molecule has 0 spiro atoms. The normalized spacial score (nSPS) is 12.7. The van der Waals surface area contributed by atoms with E-state index in [4.69, 9.17) is 21.9 Å². The van der Waals surface area contributed by atoms with Gasteiger partial charge in [-0.05, 0) is 44.0 Å². The van der Waals surface area contributed by atoms with Crippen LogP contribution in [0.3, 0.4) is 0 Å². The summed E-state index contributed by atoms with van der Waals surface area (Å²) in [5.74, 6) is 4.96. The molecule has 0 saturated heterocycles. The van der Waals surface area contributed by atoms with Gasteiger partial charge in [0.1, 0.15) is 5.82 Å². The first-order chi connectivity index (χ1) is 8.56. The first-order valence-corrected chi connectivity index (χ1v) is 6.85. The van der Waals surface area contributed by atoms with E-state index in [1.54, 1.807) is 18.2 Å². The van der Waals surface area contributed by atoms with Gasteiger partial charge >= 0.3 is 0 Å². The van der Waals surface area contributed by atoms with E-state index in [0.29, 0.717) is 20.3 Å². The lowest BCUT2D eigenvalue weighted by Gasteiger charge is -2.17. The summed E-state index contributed by atoms with van der Waals surface area (Å²) in [6, 6.07) is 4.42. The Morgan fingerprint density at radius 2 is 2.00 bits per heavy atom. The molecule has 0 bridgehead atoms. The topological polar surface area (TPSA) is 51.2 Å². The number of hydrogen-bond acceptors (Lipinski definition) is 3. The van der Waals surface area contributed by atoms with Gasteiger partial charge in [-0.1, -0.05) is 17.7 Å². The lowest BCUT2D eigenvalue weighted by molar-refractivity contribution is 0.519. The number of benzene rings is 1. The molecule has 18 heavy (non-hydrogen) atoms. The van der Waals surface area contributed by atoms with Crippen LogP contribution in [0.25, 0.3) is 0 Å². The summed E-state index contributed by atoms with van der Waals surface area (Å²) in [6.07, 6.45) is 1.49. The van der Waals surface area contributed by atoms with Crippen LogP contribution in [0.5, 0.6) is 0 Å². The van der Waals surface area contributed by atoms with E-state index in [1.807, 2.05) is 0 Å². The maximum atomic E-state index is 14.1. The average Bonchev–Trinajstić information content (AvgIpc) is 2.77.